The summed E-state index contributed by atoms with van der Waals surface area (Å²) in [5.74, 6) is -0.889. The lowest BCUT2D eigenvalue weighted by atomic mass is 10.0. The first-order chi connectivity index (χ1) is 7.91. The zero-order valence-electron chi connectivity index (χ0n) is 10.7. The van der Waals surface area contributed by atoms with E-state index in [1.165, 1.54) is 0 Å². The molecule has 0 aromatic carbocycles. The van der Waals surface area contributed by atoms with Gasteiger partial charge in [-0.15, -0.1) is 0 Å². The Labute approximate surface area is 102 Å². The largest absolute Gasteiger partial charge is 0.481 e. The van der Waals surface area contributed by atoms with Crippen LogP contribution in [0.3, 0.4) is 0 Å². The number of nitrogens with one attached hydrogen (secondary N) is 2. The van der Waals surface area contributed by atoms with E-state index >= 15 is 0 Å². The number of amides is 2. The zero-order valence-corrected chi connectivity index (χ0v) is 10.7. The Morgan fingerprint density at radius 1 is 1.24 bits per heavy atom. The number of carbonyl (C=O) groups is 2. The predicted molar refractivity (Wildman–Crippen MR) is 64.7 cm³/mol. The highest BCUT2D eigenvalue weighted by atomic mass is 16.4. The van der Waals surface area contributed by atoms with Gasteiger partial charge in [0.15, 0.2) is 0 Å². The van der Waals surface area contributed by atoms with Crippen molar-refractivity contribution in [2.24, 2.45) is 11.8 Å². The summed E-state index contributed by atoms with van der Waals surface area (Å²) in [4.78, 5) is 22.6. The van der Waals surface area contributed by atoms with Gasteiger partial charge in [-0.25, -0.2) is 4.79 Å². The fourth-order valence-electron chi connectivity index (χ4n) is 2.01. The molecule has 1 fully saturated rings. The van der Waals surface area contributed by atoms with Crippen LogP contribution in [-0.2, 0) is 4.79 Å². The number of hydrogen-bond donors (Lipinski definition) is 3. The summed E-state index contributed by atoms with van der Waals surface area (Å²) in [5, 5.41) is 14.6. The van der Waals surface area contributed by atoms with E-state index in [1.807, 2.05) is 20.8 Å². The van der Waals surface area contributed by atoms with Gasteiger partial charge in [-0.2, -0.15) is 0 Å². The summed E-state index contributed by atoms with van der Waals surface area (Å²) >= 11 is 0. The minimum atomic E-state index is -0.815. The van der Waals surface area contributed by atoms with Gasteiger partial charge in [0.1, 0.15) is 0 Å². The highest BCUT2D eigenvalue weighted by Gasteiger charge is 2.33. The predicted octanol–water partition coefficient (Wildman–Crippen LogP) is 1.58. The van der Waals surface area contributed by atoms with Crippen LogP contribution in [0.4, 0.5) is 4.79 Å². The lowest BCUT2D eigenvalue weighted by Gasteiger charge is -2.22. The van der Waals surface area contributed by atoms with Crippen molar-refractivity contribution in [3.63, 3.8) is 0 Å². The average molecular weight is 242 g/mol. The molecule has 1 rings (SSSR count). The summed E-state index contributed by atoms with van der Waals surface area (Å²) in [6, 6.07) is -0.407. The molecular formula is C12H22N2O3. The van der Waals surface area contributed by atoms with Gasteiger partial charge < -0.3 is 15.7 Å². The van der Waals surface area contributed by atoms with Crippen molar-refractivity contribution in [1.29, 1.82) is 0 Å². The monoisotopic (exact) mass is 242 g/mol. The molecule has 0 saturated heterocycles. The lowest BCUT2D eigenvalue weighted by molar-refractivity contribution is -0.142. The molecule has 17 heavy (non-hydrogen) atoms. The first-order valence-corrected chi connectivity index (χ1v) is 6.21. The summed E-state index contributed by atoms with van der Waals surface area (Å²) in [7, 11) is 0. The molecule has 0 aliphatic heterocycles. The standard InChI is InChI=1S/C12H22N2O3/c1-7(2)8(3)13-12(17)14-10-6-4-5-9(10)11(15)16/h7-10H,4-6H2,1-3H3,(H,15,16)(H2,13,14,17). The molecule has 3 unspecified atom stereocenters. The topological polar surface area (TPSA) is 78.4 Å². The van der Waals surface area contributed by atoms with Crippen LogP contribution >= 0.6 is 0 Å². The first kappa shape index (κ1) is 13.8. The van der Waals surface area contributed by atoms with Crippen LogP contribution in [0.25, 0.3) is 0 Å². The average Bonchev–Trinajstić information content (AvgIpc) is 2.65. The Morgan fingerprint density at radius 2 is 1.88 bits per heavy atom. The van der Waals surface area contributed by atoms with Gasteiger partial charge in [-0.3, -0.25) is 4.79 Å². The molecule has 0 spiro atoms. The highest BCUT2D eigenvalue weighted by molar-refractivity contribution is 5.77. The first-order valence-electron chi connectivity index (χ1n) is 6.21. The minimum Gasteiger partial charge on any atom is -0.481 e. The van der Waals surface area contributed by atoms with E-state index < -0.39 is 11.9 Å². The molecule has 1 aliphatic rings. The van der Waals surface area contributed by atoms with Gasteiger partial charge in [0.2, 0.25) is 0 Å². The molecule has 98 valence electrons. The molecule has 0 heterocycles. The van der Waals surface area contributed by atoms with Crippen LogP contribution in [0.2, 0.25) is 0 Å². The third-order valence-electron chi connectivity index (χ3n) is 3.51. The maximum absolute atomic E-state index is 11.7. The van der Waals surface area contributed by atoms with Crippen LogP contribution in [0.5, 0.6) is 0 Å². The Morgan fingerprint density at radius 3 is 2.41 bits per heavy atom. The lowest BCUT2D eigenvalue weighted by Crippen LogP contribution is -2.48. The van der Waals surface area contributed by atoms with Crippen LogP contribution < -0.4 is 10.6 Å². The summed E-state index contributed by atoms with van der Waals surface area (Å²) < 4.78 is 0. The number of carbonyl (C=O) groups excluding carboxylic acids is 1. The van der Waals surface area contributed by atoms with Gasteiger partial charge in [-0.1, -0.05) is 20.3 Å². The maximum atomic E-state index is 11.7. The number of carboxylic acids is 1. The van der Waals surface area contributed by atoms with Gasteiger partial charge in [0.05, 0.1) is 5.92 Å². The molecule has 3 atom stereocenters. The molecule has 0 aromatic heterocycles. The van der Waals surface area contributed by atoms with Crippen molar-refractivity contribution < 1.29 is 14.7 Å². The van der Waals surface area contributed by atoms with E-state index in [0.29, 0.717) is 12.3 Å². The number of aliphatic carboxylic acids is 1. The summed E-state index contributed by atoms with van der Waals surface area (Å²) in [6.45, 7) is 5.99. The number of carboxylic acid groups (broad SMARTS) is 1. The zero-order chi connectivity index (χ0) is 13.0. The van der Waals surface area contributed by atoms with Crippen molar-refractivity contribution in [1.82, 2.24) is 10.6 Å². The molecule has 5 nitrogen and oxygen atoms in total. The van der Waals surface area contributed by atoms with E-state index in [9.17, 15) is 9.59 Å². The Bertz CT molecular complexity index is 291. The molecule has 5 heteroatoms. The van der Waals surface area contributed by atoms with Crippen molar-refractivity contribution in [2.75, 3.05) is 0 Å². The van der Waals surface area contributed by atoms with Crippen LogP contribution in [0.15, 0.2) is 0 Å². The van der Waals surface area contributed by atoms with E-state index in [0.717, 1.165) is 12.8 Å². The van der Waals surface area contributed by atoms with Crippen LogP contribution in [-0.4, -0.2) is 29.2 Å². The molecule has 0 aromatic rings. The molecule has 2 amide bonds. The number of rotatable bonds is 4. The van der Waals surface area contributed by atoms with E-state index in [1.54, 1.807) is 0 Å². The third-order valence-corrected chi connectivity index (χ3v) is 3.51. The molecule has 0 radical (unpaired) electrons. The quantitative estimate of drug-likeness (QED) is 0.700. The smallest absolute Gasteiger partial charge is 0.315 e. The second-order valence-corrected chi connectivity index (χ2v) is 5.13. The summed E-state index contributed by atoms with van der Waals surface area (Å²) in [6.07, 6.45) is 2.27. The third kappa shape index (κ3) is 3.91. The fourth-order valence-corrected chi connectivity index (χ4v) is 2.01. The van der Waals surface area contributed by atoms with Crippen molar-refractivity contribution >= 4 is 12.0 Å². The SMILES string of the molecule is CC(C)C(C)NC(=O)NC1CCCC1C(=O)O. The van der Waals surface area contributed by atoms with Crippen LogP contribution in [0.1, 0.15) is 40.0 Å². The molecule has 1 aliphatic carbocycles. The maximum Gasteiger partial charge on any atom is 0.315 e. The number of urea groups is 1. The van der Waals surface area contributed by atoms with E-state index in [-0.39, 0.29) is 18.1 Å². The van der Waals surface area contributed by atoms with Gasteiger partial charge in [0.25, 0.3) is 0 Å². The fraction of sp³-hybridized carbons (Fsp3) is 0.833. The number of hydrogen-bond acceptors (Lipinski definition) is 2. The summed E-state index contributed by atoms with van der Waals surface area (Å²) in [5.41, 5.74) is 0. The Balaban J connectivity index is 2.43. The second kappa shape index (κ2) is 5.89. The highest BCUT2D eigenvalue weighted by Crippen LogP contribution is 2.25. The van der Waals surface area contributed by atoms with Crippen molar-refractivity contribution in [2.45, 2.75) is 52.1 Å². The molecule has 0 bridgehead atoms. The Kier molecular flexibility index (Phi) is 4.78. The minimum absolute atomic E-state index is 0.0830. The van der Waals surface area contributed by atoms with Crippen molar-refractivity contribution in [3.05, 3.63) is 0 Å². The van der Waals surface area contributed by atoms with E-state index in [4.69, 9.17) is 5.11 Å². The molecule has 1 saturated carbocycles. The normalized spacial score (nSPS) is 25.6. The Hall–Kier alpha value is -1.26. The van der Waals surface area contributed by atoms with Gasteiger partial charge in [-0.05, 0) is 25.7 Å². The van der Waals surface area contributed by atoms with Crippen molar-refractivity contribution in [3.8, 4) is 0 Å². The van der Waals surface area contributed by atoms with E-state index in [2.05, 4.69) is 10.6 Å². The van der Waals surface area contributed by atoms with Gasteiger partial charge in [0, 0.05) is 12.1 Å². The van der Waals surface area contributed by atoms with Gasteiger partial charge >= 0.3 is 12.0 Å². The molecule has 3 N–H and O–H groups in total. The molecular weight excluding hydrogens is 220 g/mol. The van der Waals surface area contributed by atoms with Crippen LogP contribution in [0, 0.1) is 11.8 Å². The second-order valence-electron chi connectivity index (χ2n) is 5.13.